The van der Waals surface area contributed by atoms with E-state index < -0.39 is 11.6 Å². The molecule has 2 fully saturated rings. The van der Waals surface area contributed by atoms with Gasteiger partial charge in [0, 0.05) is 97.2 Å². The van der Waals surface area contributed by atoms with E-state index in [1.54, 1.807) is 0 Å². The topological polar surface area (TPSA) is 70.3 Å². The number of unbranched alkanes of at least 4 members (excludes halogenated alkanes) is 1. The fourth-order valence-electron chi connectivity index (χ4n) is 7.94. The molecule has 0 bridgehead atoms. The van der Waals surface area contributed by atoms with Crippen LogP contribution in [0.2, 0.25) is 0 Å². The van der Waals surface area contributed by atoms with Gasteiger partial charge < -0.3 is 24.6 Å². The van der Waals surface area contributed by atoms with E-state index in [-0.39, 0.29) is 0 Å². The maximum atomic E-state index is 13.9. The maximum absolute atomic E-state index is 13.9. The first-order valence-corrected chi connectivity index (χ1v) is 19.0. The normalized spacial score (nSPS) is 15.5. The molecule has 0 aliphatic carbocycles. The second-order valence-corrected chi connectivity index (χ2v) is 14.5. The molecule has 2 aliphatic rings. The summed E-state index contributed by atoms with van der Waals surface area (Å²) >= 11 is 0. The van der Waals surface area contributed by atoms with Gasteiger partial charge in [0.1, 0.15) is 11.6 Å². The molecule has 0 atom stereocenters. The molecule has 0 radical (unpaired) electrons. The Morgan fingerprint density at radius 1 is 0.906 bits per heavy atom. The third-order valence-corrected chi connectivity index (χ3v) is 10.7. The minimum atomic E-state index is -0.554. The maximum Gasteiger partial charge on any atom is 0.208 e. The standard InChI is InChI=1S/C42H51F2N9/c1-7-9-15-53-41-25-35(50-16-13-34(14-17-50)52-19-18-51(27-29(52)4)36-23-32(43)22-33(44)24-36)11-12-38(41)48-42(53)47-30(5)31-20-28(3)46-39(21-31)37-26-45-49(6)40(37)10-8-2/h11-12,20-26,34H,4-5,7-10,13-19,27H2,1-3,6H3,(H,47,48). The first-order valence-electron chi connectivity index (χ1n) is 19.0. The van der Waals surface area contributed by atoms with Gasteiger partial charge in [-0.05, 0) is 75.1 Å². The highest BCUT2D eigenvalue weighted by molar-refractivity contribution is 5.85. The summed E-state index contributed by atoms with van der Waals surface area (Å²) in [6.07, 6.45) is 8.02. The second-order valence-electron chi connectivity index (χ2n) is 14.5. The van der Waals surface area contributed by atoms with Crippen LogP contribution in [0.1, 0.15) is 62.9 Å². The molecule has 5 heterocycles. The number of halogens is 2. The van der Waals surface area contributed by atoms with Crippen molar-refractivity contribution in [1.82, 2.24) is 29.2 Å². The number of hydrogen-bond acceptors (Lipinski definition) is 7. The molecule has 2 aromatic carbocycles. The lowest BCUT2D eigenvalue weighted by molar-refractivity contribution is 0.204. The summed E-state index contributed by atoms with van der Waals surface area (Å²) < 4.78 is 32.0. The molecule has 0 spiro atoms. The van der Waals surface area contributed by atoms with Crippen LogP contribution in [0.15, 0.2) is 73.6 Å². The average Bonchev–Trinajstić information content (AvgIpc) is 3.68. The Kier molecular flexibility index (Phi) is 10.5. The van der Waals surface area contributed by atoms with Gasteiger partial charge in [0.2, 0.25) is 5.95 Å². The summed E-state index contributed by atoms with van der Waals surface area (Å²) in [7, 11) is 1.99. The summed E-state index contributed by atoms with van der Waals surface area (Å²) in [4.78, 5) is 16.8. The highest BCUT2D eigenvalue weighted by Crippen LogP contribution is 2.33. The Balaban J connectivity index is 1.05. The number of nitrogens with zero attached hydrogens (tertiary/aromatic N) is 8. The largest absolute Gasteiger partial charge is 0.371 e. The number of rotatable bonds is 12. The Morgan fingerprint density at radius 2 is 1.68 bits per heavy atom. The smallest absolute Gasteiger partial charge is 0.208 e. The van der Waals surface area contributed by atoms with E-state index >= 15 is 0 Å². The molecule has 278 valence electrons. The number of pyridine rings is 1. The predicted octanol–water partition coefficient (Wildman–Crippen LogP) is 8.56. The molecule has 9 nitrogen and oxygen atoms in total. The van der Waals surface area contributed by atoms with Gasteiger partial charge >= 0.3 is 0 Å². The molecule has 0 saturated carbocycles. The fourth-order valence-corrected chi connectivity index (χ4v) is 7.94. The Hall–Kier alpha value is -5.19. The molecule has 5 aromatic rings. The zero-order valence-corrected chi connectivity index (χ0v) is 31.5. The second kappa shape index (κ2) is 15.4. The molecule has 0 unspecified atom stereocenters. The minimum Gasteiger partial charge on any atom is -0.371 e. The molecule has 2 saturated heterocycles. The number of fused-ring (bicyclic) bond motifs is 1. The van der Waals surface area contributed by atoms with Crippen LogP contribution in [0, 0.1) is 18.6 Å². The van der Waals surface area contributed by atoms with Gasteiger partial charge in [-0.2, -0.15) is 5.10 Å². The zero-order chi connectivity index (χ0) is 37.2. The lowest BCUT2D eigenvalue weighted by Crippen LogP contribution is -2.51. The number of piperazine rings is 1. The van der Waals surface area contributed by atoms with E-state index in [1.807, 2.05) is 29.7 Å². The highest BCUT2D eigenvalue weighted by Gasteiger charge is 2.30. The predicted molar refractivity (Wildman–Crippen MR) is 212 cm³/mol. The quantitative estimate of drug-likeness (QED) is 0.139. The van der Waals surface area contributed by atoms with E-state index in [0.717, 1.165) is 122 Å². The average molecular weight is 720 g/mol. The fraction of sp³-hybridized carbons (Fsp3) is 0.405. The number of aromatic nitrogens is 5. The van der Waals surface area contributed by atoms with Crippen molar-refractivity contribution < 1.29 is 8.78 Å². The number of benzene rings is 2. The lowest BCUT2D eigenvalue weighted by atomic mass is 10.0. The molecule has 53 heavy (non-hydrogen) atoms. The molecule has 7 rings (SSSR count). The summed E-state index contributed by atoms with van der Waals surface area (Å²) in [6, 6.07) is 14.9. The first-order chi connectivity index (χ1) is 25.6. The van der Waals surface area contributed by atoms with Crippen molar-refractivity contribution in [2.45, 2.75) is 71.9 Å². The number of anilines is 3. The van der Waals surface area contributed by atoms with Crippen molar-refractivity contribution in [3.8, 4) is 11.3 Å². The Labute approximate surface area is 311 Å². The van der Waals surface area contributed by atoms with Gasteiger partial charge in [-0.15, -0.1) is 0 Å². The highest BCUT2D eigenvalue weighted by atomic mass is 19.1. The monoisotopic (exact) mass is 719 g/mol. The van der Waals surface area contributed by atoms with Crippen LogP contribution in [0.5, 0.6) is 0 Å². The van der Waals surface area contributed by atoms with Gasteiger partial charge in [0.05, 0.1) is 29.5 Å². The number of imidazole rings is 1. The van der Waals surface area contributed by atoms with Gasteiger partial charge in [0.25, 0.3) is 0 Å². The van der Waals surface area contributed by atoms with E-state index in [0.29, 0.717) is 24.8 Å². The first kappa shape index (κ1) is 36.2. The molecule has 2 aliphatic heterocycles. The van der Waals surface area contributed by atoms with E-state index in [1.165, 1.54) is 23.5 Å². The molecular weight excluding hydrogens is 669 g/mol. The third-order valence-electron chi connectivity index (χ3n) is 10.7. The van der Waals surface area contributed by atoms with Crippen LogP contribution >= 0.6 is 0 Å². The Morgan fingerprint density at radius 3 is 2.40 bits per heavy atom. The molecule has 1 N–H and O–H groups in total. The van der Waals surface area contributed by atoms with E-state index in [9.17, 15) is 8.78 Å². The zero-order valence-electron chi connectivity index (χ0n) is 31.5. The van der Waals surface area contributed by atoms with Gasteiger partial charge in [-0.25, -0.2) is 13.8 Å². The van der Waals surface area contributed by atoms with Crippen molar-refractivity contribution in [1.29, 1.82) is 0 Å². The molecule has 0 amide bonds. The number of hydrogen-bond donors (Lipinski definition) is 1. The van der Waals surface area contributed by atoms with Crippen molar-refractivity contribution in [2.24, 2.45) is 7.05 Å². The van der Waals surface area contributed by atoms with Crippen LogP contribution in [-0.4, -0.2) is 68.0 Å². The van der Waals surface area contributed by atoms with Crippen molar-refractivity contribution in [2.75, 3.05) is 47.8 Å². The van der Waals surface area contributed by atoms with Crippen LogP contribution in [0.25, 0.3) is 28.0 Å². The Bertz CT molecular complexity index is 2100. The minimum absolute atomic E-state index is 0.388. The van der Waals surface area contributed by atoms with Gasteiger partial charge in [-0.1, -0.05) is 39.8 Å². The third kappa shape index (κ3) is 7.65. The number of nitrogens with one attached hydrogen (secondary N) is 1. The van der Waals surface area contributed by atoms with Crippen LogP contribution < -0.4 is 15.1 Å². The summed E-state index contributed by atoms with van der Waals surface area (Å²) in [5.74, 6) is -0.319. The molecule has 3 aromatic heterocycles. The van der Waals surface area contributed by atoms with Crippen molar-refractivity contribution >= 4 is 34.1 Å². The van der Waals surface area contributed by atoms with Crippen molar-refractivity contribution in [3.05, 3.63) is 102 Å². The van der Waals surface area contributed by atoms with E-state index in [2.05, 4.69) is 82.1 Å². The number of aryl methyl sites for hydroxylation is 3. The van der Waals surface area contributed by atoms with Crippen molar-refractivity contribution in [3.63, 3.8) is 0 Å². The summed E-state index contributed by atoms with van der Waals surface area (Å²) in [5.41, 5.74) is 10.6. The SMILES string of the molecule is C=C(Nc1nc2ccc(N3CCC(N4CCN(c5cc(F)cc(F)c5)CC4=C)CC3)cc2n1CCCC)c1cc(C)nc(-c2cnn(C)c2CCC)c1. The van der Waals surface area contributed by atoms with E-state index in [4.69, 9.17) is 9.97 Å². The van der Waals surface area contributed by atoms with Crippen LogP contribution in [0.3, 0.4) is 0 Å². The molecule has 11 heteroatoms. The van der Waals surface area contributed by atoms with Crippen LogP contribution in [-0.2, 0) is 20.0 Å². The van der Waals surface area contributed by atoms with Gasteiger partial charge in [0.15, 0.2) is 0 Å². The number of piperidine rings is 1. The summed E-state index contributed by atoms with van der Waals surface area (Å²) in [6.45, 7) is 20.0. The van der Waals surface area contributed by atoms with Crippen LogP contribution in [0.4, 0.5) is 26.1 Å². The summed E-state index contributed by atoms with van der Waals surface area (Å²) in [5, 5.41) is 8.11. The lowest BCUT2D eigenvalue weighted by Gasteiger charge is -2.46. The molecular formula is C42H51F2N9. The van der Waals surface area contributed by atoms with Gasteiger partial charge in [-0.3, -0.25) is 9.67 Å².